The zero-order valence-corrected chi connectivity index (χ0v) is 9.28. The summed E-state index contributed by atoms with van der Waals surface area (Å²) in [6, 6.07) is 1.64. The van der Waals surface area contributed by atoms with E-state index in [0.717, 1.165) is 6.33 Å². The minimum atomic E-state index is -1.23. The van der Waals surface area contributed by atoms with Gasteiger partial charge in [0, 0.05) is 10.9 Å². The Bertz CT molecular complexity index is 607. The molecule has 1 N–H and O–H groups in total. The van der Waals surface area contributed by atoms with Crippen LogP contribution in [0.5, 0.6) is 0 Å². The molecule has 0 spiro atoms. The number of carbonyl (C=O) groups is 1. The van der Waals surface area contributed by atoms with E-state index in [1.165, 1.54) is 11.3 Å². The maximum Gasteiger partial charge on any atom is 0.323 e. The molecule has 88 valence electrons. The van der Waals surface area contributed by atoms with E-state index in [2.05, 4.69) is 4.98 Å². The highest BCUT2D eigenvalue weighted by Gasteiger charge is 2.14. The van der Waals surface area contributed by atoms with Crippen LogP contribution in [0.15, 0.2) is 27.9 Å². The first-order valence-corrected chi connectivity index (χ1v) is 5.53. The molecule has 0 saturated carbocycles. The zero-order valence-electron chi connectivity index (χ0n) is 8.46. The van der Waals surface area contributed by atoms with E-state index in [4.69, 9.17) is 5.11 Å². The third-order valence-corrected chi connectivity index (χ3v) is 2.77. The average molecular weight is 254 g/mol. The molecule has 2 rings (SSSR count). The second-order valence-corrected chi connectivity index (χ2v) is 4.03. The second-order valence-electron chi connectivity index (χ2n) is 3.25. The Morgan fingerprint density at radius 1 is 1.59 bits per heavy atom. The lowest BCUT2D eigenvalue weighted by atomic mass is 10.2. The van der Waals surface area contributed by atoms with E-state index < -0.39 is 23.9 Å². The van der Waals surface area contributed by atoms with Crippen LogP contribution in [-0.4, -0.2) is 20.6 Å². The summed E-state index contributed by atoms with van der Waals surface area (Å²) >= 11 is 1.35. The summed E-state index contributed by atoms with van der Waals surface area (Å²) in [5, 5.41) is 11.9. The van der Waals surface area contributed by atoms with Gasteiger partial charge in [-0.1, -0.05) is 0 Å². The van der Waals surface area contributed by atoms with Crippen molar-refractivity contribution in [1.82, 2.24) is 9.55 Å². The number of aliphatic carboxylic acids is 1. The van der Waals surface area contributed by atoms with Crippen LogP contribution in [0.1, 0.15) is 0 Å². The van der Waals surface area contributed by atoms with Gasteiger partial charge in [0.1, 0.15) is 12.2 Å². The summed E-state index contributed by atoms with van der Waals surface area (Å²) in [5.41, 5.74) is -0.534. The fraction of sp³-hybridized carbons (Fsp3) is 0.100. The Morgan fingerprint density at radius 3 is 2.94 bits per heavy atom. The molecule has 0 radical (unpaired) electrons. The van der Waals surface area contributed by atoms with Crippen LogP contribution in [0.3, 0.4) is 0 Å². The zero-order chi connectivity index (χ0) is 12.4. The summed E-state index contributed by atoms with van der Waals surface area (Å²) in [5.74, 6) is -2.26. The highest BCUT2D eigenvalue weighted by molar-refractivity contribution is 7.08. The number of aromatic nitrogens is 2. The normalized spacial score (nSPS) is 10.4. The fourth-order valence-corrected chi connectivity index (χ4v) is 1.96. The molecule has 2 aromatic rings. The molecular formula is C10H7FN2O3S. The van der Waals surface area contributed by atoms with Gasteiger partial charge in [-0.2, -0.15) is 15.7 Å². The number of nitrogens with zero attached hydrogens (tertiary/aromatic N) is 2. The predicted octanol–water partition coefficient (Wildman–Crippen LogP) is 1.20. The van der Waals surface area contributed by atoms with Crippen molar-refractivity contribution >= 4 is 17.3 Å². The smallest absolute Gasteiger partial charge is 0.323 e. The highest BCUT2D eigenvalue weighted by Crippen LogP contribution is 2.20. The minimum absolute atomic E-state index is 0.0575. The Balaban J connectivity index is 2.50. The third kappa shape index (κ3) is 2.23. The van der Waals surface area contributed by atoms with Gasteiger partial charge in [-0.15, -0.1) is 0 Å². The molecule has 0 amide bonds. The number of thiophene rings is 1. The maximum absolute atomic E-state index is 13.7. The van der Waals surface area contributed by atoms with Crippen molar-refractivity contribution in [3.05, 3.63) is 39.3 Å². The van der Waals surface area contributed by atoms with E-state index >= 15 is 0 Å². The average Bonchev–Trinajstić information content (AvgIpc) is 2.78. The number of hydrogen-bond acceptors (Lipinski definition) is 4. The lowest BCUT2D eigenvalue weighted by molar-refractivity contribution is -0.137. The first kappa shape index (κ1) is 11.5. The van der Waals surface area contributed by atoms with E-state index in [-0.39, 0.29) is 5.69 Å². The molecule has 0 bridgehead atoms. The Labute approximate surface area is 98.8 Å². The molecule has 2 aromatic heterocycles. The molecule has 0 aliphatic rings. The fourth-order valence-electron chi connectivity index (χ4n) is 1.32. The van der Waals surface area contributed by atoms with Gasteiger partial charge in [0.05, 0.1) is 6.33 Å². The first-order chi connectivity index (χ1) is 8.09. The Kier molecular flexibility index (Phi) is 3.01. The van der Waals surface area contributed by atoms with Gasteiger partial charge in [0.2, 0.25) is 5.82 Å². The highest BCUT2D eigenvalue weighted by atomic mass is 32.1. The van der Waals surface area contributed by atoms with Crippen molar-refractivity contribution in [2.75, 3.05) is 0 Å². The summed E-state index contributed by atoms with van der Waals surface area (Å²) in [6.07, 6.45) is 1.03. The molecule has 7 heteroatoms. The standard InChI is InChI=1S/C10H7FN2O3S/c11-8-9(6-1-2-17-4-6)12-5-13(10(8)16)3-7(14)15/h1-2,4-5H,3H2,(H,14,15). The summed E-state index contributed by atoms with van der Waals surface area (Å²) in [7, 11) is 0. The van der Waals surface area contributed by atoms with Crippen LogP contribution in [0.2, 0.25) is 0 Å². The Morgan fingerprint density at radius 2 is 2.35 bits per heavy atom. The maximum atomic E-state index is 13.7. The van der Waals surface area contributed by atoms with E-state index in [1.807, 2.05) is 0 Å². The number of carboxylic acid groups (broad SMARTS) is 1. The molecular weight excluding hydrogens is 247 g/mol. The van der Waals surface area contributed by atoms with Crippen LogP contribution in [0.25, 0.3) is 11.3 Å². The van der Waals surface area contributed by atoms with Crippen LogP contribution < -0.4 is 5.56 Å². The molecule has 0 fully saturated rings. The number of carboxylic acids is 1. The Hall–Kier alpha value is -2.02. The molecule has 0 aliphatic heterocycles. The van der Waals surface area contributed by atoms with Crippen molar-refractivity contribution in [2.24, 2.45) is 0 Å². The molecule has 2 heterocycles. The lowest BCUT2D eigenvalue weighted by Gasteiger charge is -2.04. The topological polar surface area (TPSA) is 72.2 Å². The minimum Gasteiger partial charge on any atom is -0.480 e. The van der Waals surface area contributed by atoms with Crippen LogP contribution in [0.4, 0.5) is 4.39 Å². The first-order valence-electron chi connectivity index (χ1n) is 4.59. The molecule has 17 heavy (non-hydrogen) atoms. The summed E-state index contributed by atoms with van der Waals surface area (Å²) < 4.78 is 14.4. The van der Waals surface area contributed by atoms with E-state index in [1.54, 1.807) is 16.8 Å². The number of halogens is 1. The van der Waals surface area contributed by atoms with Crippen LogP contribution in [0, 0.1) is 5.82 Å². The van der Waals surface area contributed by atoms with Crippen LogP contribution in [-0.2, 0) is 11.3 Å². The number of rotatable bonds is 3. The molecule has 0 saturated heterocycles. The monoisotopic (exact) mass is 254 g/mol. The summed E-state index contributed by atoms with van der Waals surface area (Å²) in [6.45, 7) is -0.604. The quantitative estimate of drug-likeness (QED) is 0.893. The van der Waals surface area contributed by atoms with Crippen molar-refractivity contribution in [3.8, 4) is 11.3 Å². The second kappa shape index (κ2) is 4.46. The largest absolute Gasteiger partial charge is 0.480 e. The SMILES string of the molecule is O=C(O)Cn1cnc(-c2ccsc2)c(F)c1=O. The molecule has 0 unspecified atom stereocenters. The van der Waals surface area contributed by atoms with Crippen LogP contribution >= 0.6 is 11.3 Å². The van der Waals surface area contributed by atoms with Gasteiger partial charge in [-0.3, -0.25) is 14.2 Å². The molecule has 0 aliphatic carbocycles. The summed E-state index contributed by atoms with van der Waals surface area (Å²) in [4.78, 5) is 25.7. The third-order valence-electron chi connectivity index (χ3n) is 2.08. The molecule has 0 atom stereocenters. The van der Waals surface area contributed by atoms with Gasteiger partial charge in [0.15, 0.2) is 0 Å². The molecule has 5 nitrogen and oxygen atoms in total. The lowest BCUT2D eigenvalue weighted by Crippen LogP contribution is -2.27. The van der Waals surface area contributed by atoms with Crippen molar-refractivity contribution in [1.29, 1.82) is 0 Å². The van der Waals surface area contributed by atoms with Gasteiger partial charge < -0.3 is 5.11 Å². The van der Waals surface area contributed by atoms with E-state index in [9.17, 15) is 14.0 Å². The van der Waals surface area contributed by atoms with Crippen molar-refractivity contribution in [2.45, 2.75) is 6.54 Å². The van der Waals surface area contributed by atoms with Gasteiger partial charge in [0.25, 0.3) is 5.56 Å². The molecule has 0 aromatic carbocycles. The van der Waals surface area contributed by atoms with Gasteiger partial charge in [-0.25, -0.2) is 4.98 Å². The number of hydrogen-bond donors (Lipinski definition) is 1. The van der Waals surface area contributed by atoms with Crippen molar-refractivity contribution < 1.29 is 14.3 Å². The van der Waals surface area contributed by atoms with Gasteiger partial charge in [-0.05, 0) is 11.4 Å². The van der Waals surface area contributed by atoms with Crippen molar-refractivity contribution in [3.63, 3.8) is 0 Å². The van der Waals surface area contributed by atoms with E-state index in [0.29, 0.717) is 10.1 Å². The predicted molar refractivity (Wildman–Crippen MR) is 59.4 cm³/mol. The van der Waals surface area contributed by atoms with Gasteiger partial charge >= 0.3 is 5.97 Å².